The molecule has 1 aliphatic carbocycles. The van der Waals surface area contributed by atoms with E-state index < -0.39 is 0 Å². The van der Waals surface area contributed by atoms with Crippen molar-refractivity contribution >= 4 is 0 Å². The number of hydrogen-bond acceptors (Lipinski definition) is 3. The zero-order chi connectivity index (χ0) is 10.5. The van der Waals surface area contributed by atoms with Crippen molar-refractivity contribution < 1.29 is 0 Å². The molecule has 0 atom stereocenters. The molecule has 0 spiro atoms. The van der Waals surface area contributed by atoms with Gasteiger partial charge < -0.3 is 5.32 Å². The molecule has 0 saturated heterocycles. The molecule has 1 aromatic rings. The van der Waals surface area contributed by atoms with E-state index in [2.05, 4.69) is 28.7 Å². The van der Waals surface area contributed by atoms with Crippen LogP contribution in [0.15, 0.2) is 6.20 Å². The molecule has 4 heteroatoms. The maximum atomic E-state index is 4.16. The third-order valence-electron chi connectivity index (χ3n) is 3.06. The summed E-state index contributed by atoms with van der Waals surface area (Å²) in [6.07, 6.45) is 7.58. The summed E-state index contributed by atoms with van der Waals surface area (Å²) in [5, 5.41) is 11.6. The van der Waals surface area contributed by atoms with Gasteiger partial charge in [-0.05, 0) is 25.3 Å². The van der Waals surface area contributed by atoms with Gasteiger partial charge in [0, 0.05) is 19.3 Å². The molecule has 1 aromatic heterocycles. The number of aromatic nitrogens is 3. The van der Waals surface area contributed by atoms with Crippen LogP contribution in [0, 0.1) is 5.92 Å². The largest absolute Gasteiger partial charge is 0.311 e. The lowest BCUT2D eigenvalue weighted by Crippen LogP contribution is -2.12. The fourth-order valence-corrected chi connectivity index (χ4v) is 2.22. The van der Waals surface area contributed by atoms with Crippen LogP contribution in [0.5, 0.6) is 0 Å². The SMILES string of the molecule is CCNCc1cn(CC2CCCC2)nn1. The Hall–Kier alpha value is -0.900. The second-order valence-corrected chi connectivity index (χ2v) is 4.36. The Morgan fingerprint density at radius 2 is 2.27 bits per heavy atom. The summed E-state index contributed by atoms with van der Waals surface area (Å²) in [5.74, 6) is 0.832. The highest BCUT2D eigenvalue weighted by molar-refractivity contribution is 4.91. The van der Waals surface area contributed by atoms with Crippen LogP contribution in [0.1, 0.15) is 38.3 Å². The van der Waals surface area contributed by atoms with Gasteiger partial charge in [0.25, 0.3) is 0 Å². The summed E-state index contributed by atoms with van der Waals surface area (Å²) in [7, 11) is 0. The Morgan fingerprint density at radius 3 is 3.00 bits per heavy atom. The highest BCUT2D eigenvalue weighted by Crippen LogP contribution is 2.25. The fourth-order valence-electron chi connectivity index (χ4n) is 2.22. The molecular formula is C11H20N4. The summed E-state index contributed by atoms with van der Waals surface area (Å²) < 4.78 is 2.00. The topological polar surface area (TPSA) is 42.7 Å². The highest BCUT2D eigenvalue weighted by Gasteiger charge is 2.15. The zero-order valence-electron chi connectivity index (χ0n) is 9.45. The summed E-state index contributed by atoms with van der Waals surface area (Å²) in [6.45, 7) is 4.97. The third kappa shape index (κ3) is 3.02. The molecule has 0 radical (unpaired) electrons. The van der Waals surface area contributed by atoms with E-state index in [0.717, 1.165) is 31.2 Å². The van der Waals surface area contributed by atoms with Gasteiger partial charge in [-0.15, -0.1) is 5.10 Å². The van der Waals surface area contributed by atoms with E-state index in [4.69, 9.17) is 0 Å². The van der Waals surface area contributed by atoms with Crippen molar-refractivity contribution in [2.24, 2.45) is 5.92 Å². The molecule has 1 N–H and O–H groups in total. The molecule has 0 aromatic carbocycles. The molecule has 0 amide bonds. The van der Waals surface area contributed by atoms with Gasteiger partial charge in [-0.25, -0.2) is 0 Å². The molecule has 1 saturated carbocycles. The van der Waals surface area contributed by atoms with Crippen LogP contribution in [0.25, 0.3) is 0 Å². The predicted molar refractivity (Wildman–Crippen MR) is 59.4 cm³/mol. The minimum atomic E-state index is 0.832. The summed E-state index contributed by atoms with van der Waals surface area (Å²) >= 11 is 0. The highest BCUT2D eigenvalue weighted by atomic mass is 15.4. The van der Waals surface area contributed by atoms with Crippen molar-refractivity contribution in [2.45, 2.75) is 45.7 Å². The molecule has 1 fully saturated rings. The quantitative estimate of drug-likeness (QED) is 0.799. The van der Waals surface area contributed by atoms with E-state index in [9.17, 15) is 0 Å². The van der Waals surface area contributed by atoms with Gasteiger partial charge in [0.2, 0.25) is 0 Å². The van der Waals surface area contributed by atoms with Crippen molar-refractivity contribution in [1.82, 2.24) is 20.3 Å². The predicted octanol–water partition coefficient (Wildman–Crippen LogP) is 1.58. The first-order valence-corrected chi connectivity index (χ1v) is 5.98. The van der Waals surface area contributed by atoms with E-state index in [1.165, 1.54) is 25.7 Å². The number of hydrogen-bond donors (Lipinski definition) is 1. The van der Waals surface area contributed by atoms with Crippen LogP contribution >= 0.6 is 0 Å². The molecule has 1 heterocycles. The summed E-state index contributed by atoms with van der Waals surface area (Å²) in [5.41, 5.74) is 1.05. The average molecular weight is 208 g/mol. The van der Waals surface area contributed by atoms with Crippen LogP contribution in [-0.4, -0.2) is 21.5 Å². The maximum Gasteiger partial charge on any atom is 0.0964 e. The van der Waals surface area contributed by atoms with Crippen LogP contribution < -0.4 is 5.32 Å². The Balaban J connectivity index is 1.83. The van der Waals surface area contributed by atoms with Crippen molar-refractivity contribution in [2.75, 3.05) is 6.54 Å². The van der Waals surface area contributed by atoms with Gasteiger partial charge >= 0.3 is 0 Å². The Bertz CT molecular complexity index is 289. The van der Waals surface area contributed by atoms with Gasteiger partial charge in [0.15, 0.2) is 0 Å². The third-order valence-corrected chi connectivity index (χ3v) is 3.06. The van der Waals surface area contributed by atoms with Gasteiger partial charge in [0.05, 0.1) is 5.69 Å². The molecule has 1 aliphatic rings. The monoisotopic (exact) mass is 208 g/mol. The van der Waals surface area contributed by atoms with Crippen molar-refractivity contribution in [3.63, 3.8) is 0 Å². The summed E-state index contributed by atoms with van der Waals surface area (Å²) in [4.78, 5) is 0. The minimum absolute atomic E-state index is 0.832. The number of nitrogens with zero attached hydrogens (tertiary/aromatic N) is 3. The Morgan fingerprint density at radius 1 is 1.47 bits per heavy atom. The molecule has 0 unspecified atom stereocenters. The maximum absolute atomic E-state index is 4.16. The molecule has 0 bridgehead atoms. The van der Waals surface area contributed by atoms with Crippen molar-refractivity contribution in [3.8, 4) is 0 Å². The lowest BCUT2D eigenvalue weighted by Gasteiger charge is -2.06. The molecule has 2 rings (SSSR count). The summed E-state index contributed by atoms with van der Waals surface area (Å²) in [6, 6.07) is 0. The normalized spacial score (nSPS) is 17.4. The molecule has 4 nitrogen and oxygen atoms in total. The van der Waals surface area contributed by atoms with Crippen LogP contribution in [0.3, 0.4) is 0 Å². The lowest BCUT2D eigenvalue weighted by atomic mass is 10.1. The van der Waals surface area contributed by atoms with Crippen molar-refractivity contribution in [3.05, 3.63) is 11.9 Å². The molecule has 15 heavy (non-hydrogen) atoms. The van der Waals surface area contributed by atoms with Gasteiger partial charge in [-0.3, -0.25) is 4.68 Å². The molecule has 84 valence electrons. The smallest absolute Gasteiger partial charge is 0.0964 e. The average Bonchev–Trinajstić information content (AvgIpc) is 2.87. The van der Waals surface area contributed by atoms with E-state index in [0.29, 0.717) is 0 Å². The van der Waals surface area contributed by atoms with Crippen LogP contribution in [-0.2, 0) is 13.1 Å². The van der Waals surface area contributed by atoms with Gasteiger partial charge in [0.1, 0.15) is 0 Å². The van der Waals surface area contributed by atoms with Crippen LogP contribution in [0.2, 0.25) is 0 Å². The first-order valence-electron chi connectivity index (χ1n) is 5.98. The van der Waals surface area contributed by atoms with Crippen LogP contribution in [0.4, 0.5) is 0 Å². The minimum Gasteiger partial charge on any atom is -0.311 e. The Labute approximate surface area is 91.1 Å². The zero-order valence-corrected chi connectivity index (χ0v) is 9.45. The number of rotatable bonds is 5. The molecule has 0 aliphatic heterocycles. The Kier molecular flexibility index (Phi) is 3.72. The first kappa shape index (κ1) is 10.6. The molecular weight excluding hydrogens is 188 g/mol. The van der Waals surface area contributed by atoms with E-state index in [1.54, 1.807) is 0 Å². The second-order valence-electron chi connectivity index (χ2n) is 4.36. The van der Waals surface area contributed by atoms with E-state index in [-0.39, 0.29) is 0 Å². The standard InChI is InChI=1S/C11H20N4/c1-2-12-7-11-9-15(14-13-11)8-10-5-3-4-6-10/h9-10,12H,2-8H2,1H3. The van der Waals surface area contributed by atoms with E-state index in [1.807, 2.05) is 4.68 Å². The first-order chi connectivity index (χ1) is 7.38. The number of nitrogens with one attached hydrogen (secondary N) is 1. The van der Waals surface area contributed by atoms with Gasteiger partial charge in [-0.2, -0.15) is 0 Å². The second kappa shape index (κ2) is 5.26. The lowest BCUT2D eigenvalue weighted by molar-refractivity contribution is 0.421. The van der Waals surface area contributed by atoms with Crippen molar-refractivity contribution in [1.29, 1.82) is 0 Å². The van der Waals surface area contributed by atoms with E-state index >= 15 is 0 Å². The fraction of sp³-hybridized carbons (Fsp3) is 0.818. The van der Waals surface area contributed by atoms with Gasteiger partial charge in [-0.1, -0.05) is 25.0 Å².